The van der Waals surface area contributed by atoms with Crippen LogP contribution < -0.4 is 0 Å². The van der Waals surface area contributed by atoms with Gasteiger partial charge in [-0.05, 0) is 90.0 Å². The van der Waals surface area contributed by atoms with Crippen LogP contribution >= 0.6 is 0 Å². The van der Waals surface area contributed by atoms with Crippen LogP contribution in [0.4, 0.5) is 0 Å². The van der Waals surface area contributed by atoms with Gasteiger partial charge >= 0.3 is 0 Å². The van der Waals surface area contributed by atoms with E-state index in [-0.39, 0.29) is 5.41 Å². The molecule has 1 aliphatic carbocycles. The van der Waals surface area contributed by atoms with Gasteiger partial charge in [0.25, 0.3) is 0 Å². The molecule has 0 atom stereocenters. The van der Waals surface area contributed by atoms with E-state index in [4.69, 9.17) is 0 Å². The first-order chi connectivity index (χ1) is 16.1. The molecule has 0 fully saturated rings. The maximum atomic E-state index is 2.46. The molecule has 0 heteroatoms. The average molecular weight is 421 g/mol. The predicted octanol–water partition coefficient (Wildman–Crippen LogP) is 9.12. The van der Waals surface area contributed by atoms with E-state index in [1.54, 1.807) is 0 Å². The van der Waals surface area contributed by atoms with Crippen molar-refractivity contribution in [2.75, 3.05) is 0 Å². The van der Waals surface area contributed by atoms with Crippen LogP contribution in [0.5, 0.6) is 0 Å². The lowest BCUT2D eigenvalue weighted by atomic mass is 9.81. The van der Waals surface area contributed by atoms with Crippen LogP contribution in [0.25, 0.3) is 54.6 Å². The smallest absolute Gasteiger partial charge is 0.0159 e. The summed E-state index contributed by atoms with van der Waals surface area (Å²) in [5.74, 6) is 0. The molecular weight excluding hydrogens is 396 g/mol. The number of benzene rings is 6. The summed E-state index contributed by atoms with van der Waals surface area (Å²) in [6.45, 7) is 4.71. The minimum Gasteiger partial charge on any atom is -0.0619 e. The van der Waals surface area contributed by atoms with E-state index in [1.165, 1.54) is 65.7 Å². The zero-order valence-electron chi connectivity index (χ0n) is 18.9. The van der Waals surface area contributed by atoms with E-state index >= 15 is 0 Å². The topological polar surface area (TPSA) is 0 Å². The van der Waals surface area contributed by atoms with Gasteiger partial charge in [-0.2, -0.15) is 0 Å². The van der Waals surface area contributed by atoms with Crippen LogP contribution in [0.3, 0.4) is 0 Å². The standard InChI is InChI=1S/C33H24/c1-33(2)31-10-6-5-9-27(31)30-19-26-16-13-22-12-15-25(18-28(22)29(26)20-32(30)33)24-14-11-21-7-3-4-8-23(21)17-24/h3-20H,1-2H3. The lowest BCUT2D eigenvalue weighted by Gasteiger charge is -2.22. The number of hydrogen-bond donors (Lipinski definition) is 0. The van der Waals surface area contributed by atoms with Crippen LogP contribution in [0.1, 0.15) is 25.0 Å². The second-order valence-electron chi connectivity index (χ2n) is 9.85. The van der Waals surface area contributed by atoms with Gasteiger partial charge in [0.05, 0.1) is 0 Å². The Morgan fingerprint density at radius 3 is 1.94 bits per heavy atom. The molecule has 33 heavy (non-hydrogen) atoms. The molecule has 0 radical (unpaired) electrons. The zero-order valence-corrected chi connectivity index (χ0v) is 18.9. The Labute approximate surface area is 194 Å². The molecule has 0 nitrogen and oxygen atoms in total. The molecule has 6 aromatic carbocycles. The van der Waals surface area contributed by atoms with Crippen molar-refractivity contribution in [3.05, 3.63) is 120 Å². The van der Waals surface area contributed by atoms with Crippen molar-refractivity contribution in [3.8, 4) is 22.3 Å². The summed E-state index contributed by atoms with van der Waals surface area (Å²) in [7, 11) is 0. The Hall–Kier alpha value is -3.90. The predicted molar refractivity (Wildman–Crippen MR) is 142 cm³/mol. The first kappa shape index (κ1) is 18.7. The second-order valence-corrected chi connectivity index (χ2v) is 9.85. The monoisotopic (exact) mass is 420 g/mol. The molecule has 156 valence electrons. The molecule has 0 bridgehead atoms. The summed E-state index contributed by atoms with van der Waals surface area (Å²) in [4.78, 5) is 0. The molecule has 0 spiro atoms. The first-order valence-electron chi connectivity index (χ1n) is 11.7. The highest BCUT2D eigenvalue weighted by Crippen LogP contribution is 2.50. The molecule has 1 aliphatic rings. The molecule has 6 aromatic rings. The van der Waals surface area contributed by atoms with Crippen LogP contribution in [-0.4, -0.2) is 0 Å². The highest BCUT2D eigenvalue weighted by molar-refractivity contribution is 6.11. The number of fused-ring (bicyclic) bond motifs is 7. The van der Waals surface area contributed by atoms with Crippen molar-refractivity contribution in [2.45, 2.75) is 19.3 Å². The summed E-state index contributed by atoms with van der Waals surface area (Å²) in [6.07, 6.45) is 0. The molecule has 0 heterocycles. The molecule has 0 saturated heterocycles. The fraction of sp³-hybridized carbons (Fsp3) is 0.0909. The SMILES string of the molecule is CC1(C)c2ccccc2-c2cc3ccc4ccc(-c5ccc6ccccc6c5)cc4c3cc21. The molecule has 7 rings (SSSR count). The number of rotatable bonds is 1. The number of hydrogen-bond acceptors (Lipinski definition) is 0. The van der Waals surface area contributed by atoms with Gasteiger partial charge in [-0.25, -0.2) is 0 Å². The minimum atomic E-state index is 0.0121. The normalized spacial score (nSPS) is 14.0. The van der Waals surface area contributed by atoms with Crippen molar-refractivity contribution < 1.29 is 0 Å². The van der Waals surface area contributed by atoms with Gasteiger partial charge < -0.3 is 0 Å². The Morgan fingerprint density at radius 1 is 0.424 bits per heavy atom. The van der Waals surface area contributed by atoms with E-state index in [0.29, 0.717) is 0 Å². The molecule has 0 unspecified atom stereocenters. The Bertz CT molecular complexity index is 1730. The minimum absolute atomic E-state index is 0.0121. The van der Waals surface area contributed by atoms with Crippen LogP contribution in [-0.2, 0) is 5.41 Å². The maximum absolute atomic E-state index is 2.46. The molecular formula is C33H24. The summed E-state index contributed by atoms with van der Waals surface area (Å²) in [5.41, 5.74) is 8.16. The highest BCUT2D eigenvalue weighted by atomic mass is 14.4. The zero-order chi connectivity index (χ0) is 22.2. The Morgan fingerprint density at radius 2 is 1.06 bits per heavy atom. The van der Waals surface area contributed by atoms with Crippen LogP contribution in [0.2, 0.25) is 0 Å². The summed E-state index contributed by atoms with van der Waals surface area (Å²) >= 11 is 0. The first-order valence-corrected chi connectivity index (χ1v) is 11.7. The van der Waals surface area contributed by atoms with Gasteiger partial charge in [-0.3, -0.25) is 0 Å². The Kier molecular flexibility index (Phi) is 3.71. The highest BCUT2D eigenvalue weighted by Gasteiger charge is 2.35. The molecule has 0 N–H and O–H groups in total. The third-order valence-corrected chi connectivity index (χ3v) is 7.62. The van der Waals surface area contributed by atoms with E-state index in [9.17, 15) is 0 Å². The van der Waals surface area contributed by atoms with Crippen LogP contribution in [0.15, 0.2) is 109 Å². The fourth-order valence-electron chi connectivity index (χ4n) is 5.80. The van der Waals surface area contributed by atoms with Crippen molar-refractivity contribution in [2.24, 2.45) is 0 Å². The van der Waals surface area contributed by atoms with Crippen molar-refractivity contribution in [1.29, 1.82) is 0 Å². The van der Waals surface area contributed by atoms with Crippen molar-refractivity contribution in [3.63, 3.8) is 0 Å². The van der Waals surface area contributed by atoms with E-state index < -0.39 is 0 Å². The van der Waals surface area contributed by atoms with Gasteiger partial charge in [0.15, 0.2) is 0 Å². The third-order valence-electron chi connectivity index (χ3n) is 7.62. The fourth-order valence-corrected chi connectivity index (χ4v) is 5.80. The maximum Gasteiger partial charge on any atom is 0.0159 e. The molecule has 0 amide bonds. The Balaban J connectivity index is 1.48. The third kappa shape index (κ3) is 2.64. The molecule has 0 saturated carbocycles. The lowest BCUT2D eigenvalue weighted by Crippen LogP contribution is -2.14. The van der Waals surface area contributed by atoms with E-state index in [2.05, 4.69) is 123 Å². The largest absolute Gasteiger partial charge is 0.0619 e. The van der Waals surface area contributed by atoms with Gasteiger partial charge in [0.1, 0.15) is 0 Å². The quantitative estimate of drug-likeness (QED) is 0.233. The molecule has 0 aromatic heterocycles. The second kappa shape index (κ2) is 6.56. The van der Waals surface area contributed by atoms with Crippen molar-refractivity contribution >= 4 is 32.3 Å². The summed E-state index contributed by atoms with van der Waals surface area (Å²) in [6, 6.07) is 40.5. The van der Waals surface area contributed by atoms with Crippen molar-refractivity contribution in [1.82, 2.24) is 0 Å². The van der Waals surface area contributed by atoms with Crippen LogP contribution in [0, 0.1) is 0 Å². The van der Waals surface area contributed by atoms with E-state index in [1.807, 2.05) is 0 Å². The van der Waals surface area contributed by atoms with Gasteiger partial charge in [0.2, 0.25) is 0 Å². The molecule has 0 aliphatic heterocycles. The summed E-state index contributed by atoms with van der Waals surface area (Å²) < 4.78 is 0. The van der Waals surface area contributed by atoms with E-state index in [0.717, 1.165) is 0 Å². The summed E-state index contributed by atoms with van der Waals surface area (Å²) in [5, 5.41) is 7.84. The van der Waals surface area contributed by atoms with Gasteiger partial charge in [0, 0.05) is 5.41 Å². The lowest BCUT2D eigenvalue weighted by molar-refractivity contribution is 0.661. The average Bonchev–Trinajstić information content (AvgIpc) is 3.08. The van der Waals surface area contributed by atoms with Gasteiger partial charge in [-0.1, -0.05) is 98.8 Å². The van der Waals surface area contributed by atoms with Gasteiger partial charge in [-0.15, -0.1) is 0 Å².